The Morgan fingerprint density at radius 1 is 0.850 bits per heavy atom. The normalized spacial score (nSPS) is 11.5. The fraction of sp³-hybridized carbons (Fsp3) is 0.400. The SMILES string of the molecule is O=C(CCCNC(=O)OCc1ccccc1)C[C@@H](Cc1c[nH]c2ccccc12)C(=O)NCCCCCC(=O)NO. The molecule has 0 bridgehead atoms. The molecule has 1 aromatic heterocycles. The van der Waals surface area contributed by atoms with Gasteiger partial charge in [-0.2, -0.15) is 0 Å². The first kappa shape index (κ1) is 30.4. The van der Waals surface area contributed by atoms with Crippen LogP contribution in [0.2, 0.25) is 0 Å². The summed E-state index contributed by atoms with van der Waals surface area (Å²) in [7, 11) is 0. The van der Waals surface area contributed by atoms with Crippen LogP contribution in [0.5, 0.6) is 0 Å². The molecule has 0 radical (unpaired) electrons. The maximum atomic E-state index is 13.1. The smallest absolute Gasteiger partial charge is 0.407 e. The average molecular weight is 551 g/mol. The Hall–Kier alpha value is -4.18. The molecule has 3 amide bonds. The third-order valence-electron chi connectivity index (χ3n) is 6.61. The van der Waals surface area contributed by atoms with Gasteiger partial charge in [0.15, 0.2) is 0 Å². The molecule has 0 aliphatic carbocycles. The molecule has 0 spiro atoms. The predicted molar refractivity (Wildman–Crippen MR) is 150 cm³/mol. The number of hydrogen-bond donors (Lipinski definition) is 5. The van der Waals surface area contributed by atoms with E-state index in [0.717, 1.165) is 28.5 Å². The fourth-order valence-electron chi connectivity index (χ4n) is 4.45. The van der Waals surface area contributed by atoms with E-state index in [-0.39, 0.29) is 37.6 Å². The number of hydrogen-bond acceptors (Lipinski definition) is 6. The van der Waals surface area contributed by atoms with Gasteiger partial charge in [-0.15, -0.1) is 0 Å². The quantitative estimate of drug-likeness (QED) is 0.0967. The van der Waals surface area contributed by atoms with Gasteiger partial charge in [-0.05, 0) is 42.9 Å². The third kappa shape index (κ3) is 10.5. The summed E-state index contributed by atoms with van der Waals surface area (Å²) in [6, 6.07) is 17.2. The van der Waals surface area contributed by atoms with Gasteiger partial charge in [-0.25, -0.2) is 10.3 Å². The van der Waals surface area contributed by atoms with Crippen molar-refractivity contribution in [2.45, 2.75) is 58.0 Å². The Kier molecular flexibility index (Phi) is 12.7. The van der Waals surface area contributed by atoms with Crippen LogP contribution in [0, 0.1) is 5.92 Å². The highest BCUT2D eigenvalue weighted by atomic mass is 16.5. The van der Waals surface area contributed by atoms with Gasteiger partial charge >= 0.3 is 6.09 Å². The van der Waals surface area contributed by atoms with Crippen LogP contribution in [0.4, 0.5) is 4.79 Å². The summed E-state index contributed by atoms with van der Waals surface area (Å²) in [5, 5.41) is 15.2. The van der Waals surface area contributed by atoms with Gasteiger partial charge in [-0.3, -0.25) is 19.6 Å². The lowest BCUT2D eigenvalue weighted by molar-refractivity contribution is -0.129. The van der Waals surface area contributed by atoms with Crippen LogP contribution in [0.3, 0.4) is 0 Å². The zero-order valence-electron chi connectivity index (χ0n) is 22.6. The zero-order chi connectivity index (χ0) is 28.6. The second kappa shape index (κ2) is 16.7. The summed E-state index contributed by atoms with van der Waals surface area (Å²) in [4.78, 5) is 52.2. The number of carbonyl (C=O) groups is 4. The maximum Gasteiger partial charge on any atom is 0.407 e. The van der Waals surface area contributed by atoms with Crippen LogP contribution in [0.15, 0.2) is 60.8 Å². The van der Waals surface area contributed by atoms with E-state index in [1.54, 1.807) is 5.48 Å². The van der Waals surface area contributed by atoms with E-state index in [4.69, 9.17) is 9.94 Å². The van der Waals surface area contributed by atoms with Crippen molar-refractivity contribution in [1.29, 1.82) is 0 Å². The van der Waals surface area contributed by atoms with Crippen molar-refractivity contribution in [2.24, 2.45) is 5.92 Å². The second-order valence-electron chi connectivity index (χ2n) is 9.73. The molecule has 5 N–H and O–H groups in total. The molecule has 10 heteroatoms. The van der Waals surface area contributed by atoms with Crippen molar-refractivity contribution >= 4 is 34.6 Å². The topological polar surface area (TPSA) is 150 Å². The number of unbranched alkanes of at least 4 members (excludes halogenated alkanes) is 2. The Bertz CT molecular complexity index is 1240. The van der Waals surface area contributed by atoms with Gasteiger partial charge in [0.1, 0.15) is 12.4 Å². The second-order valence-corrected chi connectivity index (χ2v) is 9.73. The third-order valence-corrected chi connectivity index (χ3v) is 6.61. The van der Waals surface area contributed by atoms with Crippen LogP contribution >= 0.6 is 0 Å². The van der Waals surface area contributed by atoms with Crippen LogP contribution in [-0.2, 0) is 32.1 Å². The number of hydroxylamine groups is 1. The van der Waals surface area contributed by atoms with Crippen molar-refractivity contribution in [3.05, 3.63) is 71.9 Å². The van der Waals surface area contributed by atoms with Crippen molar-refractivity contribution in [3.8, 4) is 0 Å². The van der Waals surface area contributed by atoms with E-state index in [1.807, 2.05) is 60.8 Å². The van der Waals surface area contributed by atoms with E-state index >= 15 is 0 Å². The highest BCUT2D eigenvalue weighted by Gasteiger charge is 2.23. The maximum absolute atomic E-state index is 13.1. The monoisotopic (exact) mass is 550 g/mol. The summed E-state index contributed by atoms with van der Waals surface area (Å²) < 4.78 is 5.18. The molecular weight excluding hydrogens is 512 g/mol. The molecular formula is C30H38N4O6. The van der Waals surface area contributed by atoms with Crippen LogP contribution in [-0.4, -0.2) is 47.0 Å². The van der Waals surface area contributed by atoms with E-state index in [9.17, 15) is 19.2 Å². The molecule has 3 aromatic rings. The Balaban J connectivity index is 1.45. The number of fused-ring (bicyclic) bond motifs is 1. The summed E-state index contributed by atoms with van der Waals surface area (Å²) in [5.41, 5.74) is 4.44. The van der Waals surface area contributed by atoms with Crippen molar-refractivity contribution < 1.29 is 29.1 Å². The molecule has 214 valence electrons. The van der Waals surface area contributed by atoms with Gasteiger partial charge in [-0.1, -0.05) is 55.0 Å². The number of carbonyl (C=O) groups excluding carboxylic acids is 4. The number of para-hydroxylation sites is 1. The van der Waals surface area contributed by atoms with E-state index in [2.05, 4.69) is 15.6 Å². The first-order chi connectivity index (χ1) is 19.5. The number of amides is 3. The standard InChI is InChI=1S/C30H38N4O6/c35-25(12-9-17-32-30(38)40-21-22-10-3-1-4-11-22)19-23(18-24-20-33-27-14-7-6-13-26(24)27)29(37)31-16-8-2-5-15-28(36)34-39/h1,3-4,6-7,10-11,13-14,20,23,33,39H,2,5,8-9,12,15-19,21H2,(H,31,37)(H,32,38)(H,34,36)/t23-/m1/s1. The summed E-state index contributed by atoms with van der Waals surface area (Å²) >= 11 is 0. The van der Waals surface area contributed by atoms with E-state index in [1.165, 1.54) is 0 Å². The van der Waals surface area contributed by atoms with Crippen LogP contribution in [0.25, 0.3) is 10.9 Å². The molecule has 40 heavy (non-hydrogen) atoms. The molecule has 0 unspecified atom stereocenters. The number of Topliss-reactive ketones (excluding diaryl/α,β-unsaturated/α-hetero) is 1. The number of rotatable bonds is 17. The lowest BCUT2D eigenvalue weighted by atomic mass is 9.92. The first-order valence-electron chi connectivity index (χ1n) is 13.7. The largest absolute Gasteiger partial charge is 0.445 e. The Labute approximate surface area is 233 Å². The highest BCUT2D eigenvalue weighted by Crippen LogP contribution is 2.23. The molecule has 0 aliphatic heterocycles. The minimum Gasteiger partial charge on any atom is -0.445 e. The summed E-state index contributed by atoms with van der Waals surface area (Å²) in [6.45, 7) is 0.911. The number of alkyl carbamates (subject to hydrolysis) is 1. The number of aromatic amines is 1. The summed E-state index contributed by atoms with van der Waals surface area (Å²) in [5.74, 6) is -1.19. The minimum absolute atomic E-state index is 0.0468. The molecule has 10 nitrogen and oxygen atoms in total. The van der Waals surface area contributed by atoms with Gasteiger partial charge in [0.05, 0.1) is 0 Å². The molecule has 0 saturated carbocycles. The number of ether oxygens (including phenoxy) is 1. The van der Waals surface area contributed by atoms with Crippen LogP contribution in [0.1, 0.15) is 56.1 Å². The number of ketones is 1. The summed E-state index contributed by atoms with van der Waals surface area (Å²) in [6.07, 6.45) is 4.78. The lowest BCUT2D eigenvalue weighted by Crippen LogP contribution is -2.34. The van der Waals surface area contributed by atoms with Crippen LogP contribution < -0.4 is 16.1 Å². The minimum atomic E-state index is -0.537. The zero-order valence-corrected chi connectivity index (χ0v) is 22.6. The van der Waals surface area contributed by atoms with E-state index < -0.39 is 17.9 Å². The molecule has 1 heterocycles. The highest BCUT2D eigenvalue weighted by molar-refractivity contribution is 5.88. The molecule has 0 fully saturated rings. The Morgan fingerprint density at radius 2 is 1.60 bits per heavy atom. The number of nitrogens with one attached hydrogen (secondary N) is 4. The average Bonchev–Trinajstić information content (AvgIpc) is 3.38. The van der Waals surface area contributed by atoms with Gasteiger partial charge in [0, 0.05) is 55.4 Å². The van der Waals surface area contributed by atoms with Crippen molar-refractivity contribution in [3.63, 3.8) is 0 Å². The van der Waals surface area contributed by atoms with Gasteiger partial charge in [0.25, 0.3) is 0 Å². The van der Waals surface area contributed by atoms with Crippen molar-refractivity contribution in [1.82, 2.24) is 21.1 Å². The number of aromatic nitrogens is 1. The Morgan fingerprint density at radius 3 is 2.40 bits per heavy atom. The number of H-pyrrole nitrogens is 1. The van der Waals surface area contributed by atoms with Crippen molar-refractivity contribution in [2.75, 3.05) is 13.1 Å². The van der Waals surface area contributed by atoms with E-state index in [0.29, 0.717) is 38.8 Å². The molecule has 0 aliphatic rings. The predicted octanol–water partition coefficient (Wildman–Crippen LogP) is 4.17. The van der Waals surface area contributed by atoms with Gasteiger partial charge in [0.2, 0.25) is 11.8 Å². The molecule has 1 atom stereocenters. The number of benzene rings is 2. The molecule has 0 saturated heterocycles. The van der Waals surface area contributed by atoms with Gasteiger partial charge < -0.3 is 20.4 Å². The first-order valence-corrected chi connectivity index (χ1v) is 13.7. The lowest BCUT2D eigenvalue weighted by Gasteiger charge is -2.16. The molecule has 3 rings (SSSR count). The fourth-order valence-corrected chi connectivity index (χ4v) is 4.45. The molecule has 2 aromatic carbocycles.